The van der Waals surface area contributed by atoms with Gasteiger partial charge in [-0.15, -0.1) is 0 Å². The van der Waals surface area contributed by atoms with Crippen molar-refractivity contribution < 1.29 is 0 Å². The summed E-state index contributed by atoms with van der Waals surface area (Å²) in [5.41, 5.74) is 0. The largest absolute Gasteiger partial charge is 0.355 e. The molecule has 0 saturated heterocycles. The Balaban J connectivity index is 2.14. The third kappa shape index (κ3) is 2.46. The highest BCUT2D eigenvalue weighted by atomic mass is 35.5. The van der Waals surface area contributed by atoms with Crippen LogP contribution >= 0.6 is 11.6 Å². The maximum Gasteiger partial charge on any atom is 0.149 e. The quantitative estimate of drug-likeness (QED) is 0.794. The van der Waals surface area contributed by atoms with Crippen LogP contribution in [0, 0.1) is 5.92 Å². The Bertz CT molecular complexity index is 356. The predicted molar refractivity (Wildman–Crippen MR) is 66.9 cm³/mol. The standard InChI is InChI=1S/C12H18ClN3/c1-9-5-3-4-6-10(9)16(2)12-8-14-7-11(13)15-12/h7-10H,3-6H2,1-2H3. The molecule has 2 unspecified atom stereocenters. The van der Waals surface area contributed by atoms with E-state index < -0.39 is 0 Å². The predicted octanol–water partition coefficient (Wildman–Crippen LogP) is 3.14. The molecular weight excluding hydrogens is 222 g/mol. The molecule has 0 radical (unpaired) electrons. The zero-order valence-corrected chi connectivity index (χ0v) is 10.6. The minimum Gasteiger partial charge on any atom is -0.355 e. The van der Waals surface area contributed by atoms with Crippen LogP contribution in [-0.2, 0) is 0 Å². The van der Waals surface area contributed by atoms with Crippen molar-refractivity contribution in [1.29, 1.82) is 0 Å². The molecular formula is C12H18ClN3. The smallest absolute Gasteiger partial charge is 0.149 e. The molecule has 0 aromatic carbocycles. The Hall–Kier alpha value is -0.830. The molecule has 3 nitrogen and oxygen atoms in total. The molecule has 2 rings (SSSR count). The number of hydrogen-bond acceptors (Lipinski definition) is 3. The van der Waals surface area contributed by atoms with Gasteiger partial charge in [-0.25, -0.2) is 4.98 Å². The van der Waals surface area contributed by atoms with E-state index in [4.69, 9.17) is 11.6 Å². The van der Waals surface area contributed by atoms with Gasteiger partial charge in [0.25, 0.3) is 0 Å². The molecule has 16 heavy (non-hydrogen) atoms. The fourth-order valence-electron chi connectivity index (χ4n) is 2.54. The third-order valence-corrected chi connectivity index (χ3v) is 3.70. The van der Waals surface area contributed by atoms with Crippen molar-refractivity contribution in [3.05, 3.63) is 17.5 Å². The highest BCUT2D eigenvalue weighted by Gasteiger charge is 2.25. The Morgan fingerprint density at radius 3 is 2.75 bits per heavy atom. The topological polar surface area (TPSA) is 29.0 Å². The summed E-state index contributed by atoms with van der Waals surface area (Å²) >= 11 is 5.86. The van der Waals surface area contributed by atoms with Gasteiger partial charge in [-0.05, 0) is 18.8 Å². The fraction of sp³-hybridized carbons (Fsp3) is 0.667. The van der Waals surface area contributed by atoms with E-state index in [9.17, 15) is 0 Å². The highest BCUT2D eigenvalue weighted by molar-refractivity contribution is 6.29. The number of halogens is 1. The first-order valence-corrected chi connectivity index (χ1v) is 6.26. The van der Waals surface area contributed by atoms with Crippen LogP contribution < -0.4 is 4.90 Å². The minimum atomic E-state index is 0.466. The Morgan fingerprint density at radius 1 is 1.31 bits per heavy atom. The lowest BCUT2D eigenvalue weighted by molar-refractivity contribution is 0.320. The molecule has 1 aromatic rings. The van der Waals surface area contributed by atoms with Gasteiger partial charge >= 0.3 is 0 Å². The summed E-state index contributed by atoms with van der Waals surface area (Å²) in [6.45, 7) is 2.32. The van der Waals surface area contributed by atoms with Gasteiger partial charge < -0.3 is 4.90 Å². The SMILES string of the molecule is CC1CCCCC1N(C)c1cncc(Cl)n1. The molecule has 0 aliphatic heterocycles. The summed E-state index contributed by atoms with van der Waals surface area (Å²) < 4.78 is 0. The van der Waals surface area contributed by atoms with Crippen LogP contribution in [0.4, 0.5) is 5.82 Å². The van der Waals surface area contributed by atoms with Gasteiger partial charge in [-0.2, -0.15) is 0 Å². The Kier molecular flexibility index (Phi) is 3.64. The monoisotopic (exact) mass is 239 g/mol. The van der Waals surface area contributed by atoms with E-state index in [1.54, 1.807) is 12.4 Å². The molecule has 0 amide bonds. The average molecular weight is 240 g/mol. The maximum absolute atomic E-state index is 5.86. The van der Waals surface area contributed by atoms with Crippen LogP contribution in [0.3, 0.4) is 0 Å². The van der Waals surface area contributed by atoms with E-state index in [1.807, 2.05) is 0 Å². The number of nitrogens with zero attached hydrogens (tertiary/aromatic N) is 3. The minimum absolute atomic E-state index is 0.466. The van der Waals surface area contributed by atoms with Crippen molar-refractivity contribution in [2.24, 2.45) is 5.92 Å². The summed E-state index contributed by atoms with van der Waals surface area (Å²) in [5.74, 6) is 1.60. The molecule has 0 N–H and O–H groups in total. The molecule has 1 aromatic heterocycles. The molecule has 0 bridgehead atoms. The fourth-order valence-corrected chi connectivity index (χ4v) is 2.69. The van der Waals surface area contributed by atoms with E-state index in [2.05, 4.69) is 28.8 Å². The van der Waals surface area contributed by atoms with Crippen LogP contribution in [0.1, 0.15) is 32.6 Å². The molecule has 2 atom stereocenters. The van der Waals surface area contributed by atoms with Crippen molar-refractivity contribution in [3.63, 3.8) is 0 Å². The molecule has 1 heterocycles. The van der Waals surface area contributed by atoms with Gasteiger partial charge in [-0.1, -0.05) is 31.4 Å². The van der Waals surface area contributed by atoms with Crippen LogP contribution in [0.5, 0.6) is 0 Å². The maximum atomic E-state index is 5.86. The number of anilines is 1. The van der Waals surface area contributed by atoms with Crippen molar-refractivity contribution in [1.82, 2.24) is 9.97 Å². The first-order chi connectivity index (χ1) is 7.68. The van der Waals surface area contributed by atoms with Gasteiger partial charge in [0, 0.05) is 13.1 Å². The third-order valence-electron chi connectivity index (χ3n) is 3.52. The Labute approximate surface area is 102 Å². The van der Waals surface area contributed by atoms with Crippen molar-refractivity contribution in [2.75, 3.05) is 11.9 Å². The van der Waals surface area contributed by atoms with Crippen molar-refractivity contribution in [2.45, 2.75) is 38.6 Å². The van der Waals surface area contributed by atoms with Crippen molar-refractivity contribution in [3.8, 4) is 0 Å². The van der Waals surface area contributed by atoms with Gasteiger partial charge in [0.2, 0.25) is 0 Å². The number of aromatic nitrogens is 2. The zero-order chi connectivity index (χ0) is 11.5. The molecule has 88 valence electrons. The molecule has 1 aliphatic rings. The van der Waals surface area contributed by atoms with Crippen LogP contribution in [0.25, 0.3) is 0 Å². The Morgan fingerprint density at radius 2 is 2.06 bits per heavy atom. The van der Waals surface area contributed by atoms with Gasteiger partial charge in [-0.3, -0.25) is 4.98 Å². The second-order valence-electron chi connectivity index (χ2n) is 4.64. The summed E-state index contributed by atoms with van der Waals surface area (Å²) in [4.78, 5) is 10.6. The molecule has 1 aliphatic carbocycles. The summed E-state index contributed by atoms with van der Waals surface area (Å²) in [6.07, 6.45) is 8.57. The van der Waals surface area contributed by atoms with E-state index in [0.29, 0.717) is 11.2 Å². The van der Waals surface area contributed by atoms with E-state index >= 15 is 0 Å². The van der Waals surface area contributed by atoms with Crippen LogP contribution in [-0.4, -0.2) is 23.1 Å². The summed E-state index contributed by atoms with van der Waals surface area (Å²) in [6, 6.07) is 0.571. The highest BCUT2D eigenvalue weighted by Crippen LogP contribution is 2.29. The lowest BCUT2D eigenvalue weighted by atomic mass is 9.85. The van der Waals surface area contributed by atoms with E-state index in [-0.39, 0.29) is 0 Å². The first-order valence-electron chi connectivity index (χ1n) is 5.89. The van der Waals surface area contributed by atoms with Gasteiger partial charge in [0.15, 0.2) is 0 Å². The molecule has 4 heteroatoms. The van der Waals surface area contributed by atoms with Crippen LogP contribution in [0.2, 0.25) is 5.15 Å². The zero-order valence-electron chi connectivity index (χ0n) is 9.86. The summed E-state index contributed by atoms with van der Waals surface area (Å²) in [7, 11) is 2.09. The van der Waals surface area contributed by atoms with Gasteiger partial charge in [0.05, 0.1) is 12.4 Å². The van der Waals surface area contributed by atoms with Crippen molar-refractivity contribution >= 4 is 17.4 Å². The normalized spacial score (nSPS) is 25.4. The second-order valence-corrected chi connectivity index (χ2v) is 5.03. The first kappa shape index (κ1) is 11.6. The molecule has 1 saturated carbocycles. The number of rotatable bonds is 2. The second kappa shape index (κ2) is 5.00. The lowest BCUT2D eigenvalue weighted by Gasteiger charge is -2.36. The lowest BCUT2D eigenvalue weighted by Crippen LogP contribution is -2.39. The van der Waals surface area contributed by atoms with E-state index in [0.717, 1.165) is 11.7 Å². The average Bonchev–Trinajstić information content (AvgIpc) is 2.29. The molecule has 0 spiro atoms. The van der Waals surface area contributed by atoms with Crippen LogP contribution in [0.15, 0.2) is 12.4 Å². The van der Waals surface area contributed by atoms with E-state index in [1.165, 1.54) is 25.7 Å². The molecule has 1 fully saturated rings. The van der Waals surface area contributed by atoms with Gasteiger partial charge in [0.1, 0.15) is 11.0 Å². The summed E-state index contributed by atoms with van der Waals surface area (Å²) in [5, 5.41) is 0.466. The number of hydrogen-bond donors (Lipinski definition) is 0.